The number of hydrogen-bond acceptors (Lipinski definition) is 2. The number of rotatable bonds is 2. The van der Waals surface area contributed by atoms with Gasteiger partial charge in [0, 0.05) is 18.6 Å². The maximum absolute atomic E-state index is 5.69. The molecule has 11 heavy (non-hydrogen) atoms. The first kappa shape index (κ1) is 9.01. The third kappa shape index (κ3) is 1.94. The van der Waals surface area contributed by atoms with Gasteiger partial charge in [0.15, 0.2) is 0 Å². The van der Waals surface area contributed by atoms with Crippen LogP contribution in [0.25, 0.3) is 0 Å². The Balaban J connectivity index is 2.48. The van der Waals surface area contributed by atoms with Crippen molar-refractivity contribution in [2.45, 2.75) is 45.2 Å². The van der Waals surface area contributed by atoms with E-state index in [0.29, 0.717) is 6.04 Å². The highest BCUT2D eigenvalue weighted by molar-refractivity contribution is 4.81. The molecule has 66 valence electrons. The van der Waals surface area contributed by atoms with Crippen LogP contribution in [-0.2, 0) is 0 Å². The summed E-state index contributed by atoms with van der Waals surface area (Å²) < 4.78 is 0. The average molecular weight is 156 g/mol. The number of nitrogens with two attached hydrogens (primary N) is 1. The van der Waals surface area contributed by atoms with Crippen molar-refractivity contribution in [2.75, 3.05) is 13.1 Å². The summed E-state index contributed by atoms with van der Waals surface area (Å²) >= 11 is 0. The minimum atomic E-state index is 0.656. The molecule has 0 radical (unpaired) electrons. The minimum Gasteiger partial charge on any atom is -0.329 e. The molecule has 0 aromatic carbocycles. The number of nitrogens with zero attached hydrogens (tertiary/aromatic N) is 1. The van der Waals surface area contributed by atoms with Gasteiger partial charge in [-0.3, -0.25) is 4.90 Å². The van der Waals surface area contributed by atoms with Crippen LogP contribution < -0.4 is 5.73 Å². The maximum Gasteiger partial charge on any atom is 0.0221 e. The summed E-state index contributed by atoms with van der Waals surface area (Å²) in [6.45, 7) is 6.52. The van der Waals surface area contributed by atoms with E-state index < -0.39 is 0 Å². The Labute approximate surface area is 69.8 Å². The Kier molecular flexibility index (Phi) is 3.34. The molecule has 0 aromatic rings. The molecule has 1 aliphatic rings. The first-order valence-corrected chi connectivity index (χ1v) is 4.75. The van der Waals surface area contributed by atoms with Crippen LogP contribution >= 0.6 is 0 Å². The van der Waals surface area contributed by atoms with Crippen molar-refractivity contribution in [1.82, 2.24) is 4.90 Å². The van der Waals surface area contributed by atoms with Gasteiger partial charge in [0.1, 0.15) is 0 Å². The molecule has 2 nitrogen and oxygen atoms in total. The second-order valence-corrected chi connectivity index (χ2v) is 3.50. The van der Waals surface area contributed by atoms with Crippen molar-refractivity contribution in [3.8, 4) is 0 Å². The summed E-state index contributed by atoms with van der Waals surface area (Å²) in [6.07, 6.45) is 4.01. The zero-order chi connectivity index (χ0) is 8.27. The summed E-state index contributed by atoms with van der Waals surface area (Å²) in [7, 11) is 0. The van der Waals surface area contributed by atoms with E-state index in [9.17, 15) is 0 Å². The van der Waals surface area contributed by atoms with Crippen LogP contribution in [0.4, 0.5) is 0 Å². The fourth-order valence-electron chi connectivity index (χ4n) is 2.16. The largest absolute Gasteiger partial charge is 0.329 e. The monoisotopic (exact) mass is 156 g/mol. The van der Waals surface area contributed by atoms with E-state index in [4.69, 9.17) is 5.73 Å². The van der Waals surface area contributed by atoms with Gasteiger partial charge >= 0.3 is 0 Å². The fraction of sp³-hybridized carbons (Fsp3) is 1.00. The van der Waals surface area contributed by atoms with Gasteiger partial charge in [-0.1, -0.05) is 13.3 Å². The van der Waals surface area contributed by atoms with E-state index >= 15 is 0 Å². The van der Waals surface area contributed by atoms with E-state index in [1.165, 1.54) is 19.3 Å². The molecule has 0 aromatic heterocycles. The van der Waals surface area contributed by atoms with Crippen LogP contribution in [0.2, 0.25) is 0 Å². The van der Waals surface area contributed by atoms with Gasteiger partial charge in [0.05, 0.1) is 0 Å². The molecular formula is C9H20N2. The van der Waals surface area contributed by atoms with Gasteiger partial charge in [-0.2, -0.15) is 0 Å². The van der Waals surface area contributed by atoms with Crippen LogP contribution in [0.15, 0.2) is 0 Å². The predicted molar refractivity (Wildman–Crippen MR) is 48.5 cm³/mol. The summed E-state index contributed by atoms with van der Waals surface area (Å²) in [5.74, 6) is 0. The Morgan fingerprint density at radius 2 is 2.18 bits per heavy atom. The molecule has 1 fully saturated rings. The SMILES string of the molecule is CCN1C(C)CCCC1CN. The van der Waals surface area contributed by atoms with E-state index in [1.54, 1.807) is 0 Å². The van der Waals surface area contributed by atoms with Crippen molar-refractivity contribution in [3.63, 3.8) is 0 Å². The first-order chi connectivity index (χ1) is 5.29. The lowest BCUT2D eigenvalue weighted by molar-refractivity contribution is 0.104. The molecule has 1 rings (SSSR count). The normalized spacial score (nSPS) is 34.1. The minimum absolute atomic E-state index is 0.656. The molecule has 0 saturated carbocycles. The van der Waals surface area contributed by atoms with E-state index in [2.05, 4.69) is 18.7 Å². The Bertz CT molecular complexity index is 114. The molecule has 0 bridgehead atoms. The van der Waals surface area contributed by atoms with Crippen LogP contribution in [-0.4, -0.2) is 30.1 Å². The molecule has 2 unspecified atom stereocenters. The number of likely N-dealkylation sites (tertiary alicyclic amines) is 1. The Morgan fingerprint density at radius 1 is 1.45 bits per heavy atom. The molecule has 1 saturated heterocycles. The third-order valence-corrected chi connectivity index (χ3v) is 2.83. The molecule has 1 heterocycles. The lowest BCUT2D eigenvalue weighted by Crippen LogP contribution is -2.48. The summed E-state index contributed by atoms with van der Waals surface area (Å²) in [5, 5.41) is 0. The van der Waals surface area contributed by atoms with E-state index in [0.717, 1.165) is 19.1 Å². The topological polar surface area (TPSA) is 29.3 Å². The number of piperidine rings is 1. The molecule has 2 heteroatoms. The lowest BCUT2D eigenvalue weighted by Gasteiger charge is -2.39. The molecule has 0 amide bonds. The summed E-state index contributed by atoms with van der Waals surface area (Å²) in [6, 6.07) is 1.41. The average Bonchev–Trinajstić information content (AvgIpc) is 2.04. The first-order valence-electron chi connectivity index (χ1n) is 4.75. The van der Waals surface area contributed by atoms with E-state index in [1.807, 2.05) is 0 Å². The molecule has 0 aliphatic carbocycles. The highest BCUT2D eigenvalue weighted by Gasteiger charge is 2.24. The van der Waals surface area contributed by atoms with Gasteiger partial charge in [-0.15, -0.1) is 0 Å². The fourth-order valence-corrected chi connectivity index (χ4v) is 2.16. The van der Waals surface area contributed by atoms with E-state index in [-0.39, 0.29) is 0 Å². The molecule has 0 spiro atoms. The standard InChI is InChI=1S/C9H20N2/c1-3-11-8(2)5-4-6-9(11)7-10/h8-9H,3-7,10H2,1-2H3. The smallest absolute Gasteiger partial charge is 0.0221 e. The van der Waals surface area contributed by atoms with Crippen molar-refractivity contribution >= 4 is 0 Å². The van der Waals surface area contributed by atoms with Gasteiger partial charge in [-0.05, 0) is 26.3 Å². The van der Waals surface area contributed by atoms with Crippen molar-refractivity contribution < 1.29 is 0 Å². The second kappa shape index (κ2) is 4.07. The van der Waals surface area contributed by atoms with Gasteiger partial charge in [0.2, 0.25) is 0 Å². The van der Waals surface area contributed by atoms with Crippen LogP contribution in [0, 0.1) is 0 Å². The van der Waals surface area contributed by atoms with Crippen LogP contribution in [0.1, 0.15) is 33.1 Å². The predicted octanol–water partition coefficient (Wildman–Crippen LogP) is 1.21. The highest BCUT2D eigenvalue weighted by Crippen LogP contribution is 2.21. The second-order valence-electron chi connectivity index (χ2n) is 3.50. The van der Waals surface area contributed by atoms with Crippen molar-refractivity contribution in [1.29, 1.82) is 0 Å². The Hall–Kier alpha value is -0.0800. The summed E-state index contributed by atoms with van der Waals surface area (Å²) in [4.78, 5) is 2.53. The van der Waals surface area contributed by atoms with Gasteiger partial charge < -0.3 is 5.73 Å². The lowest BCUT2D eigenvalue weighted by atomic mass is 9.97. The van der Waals surface area contributed by atoms with Crippen molar-refractivity contribution in [3.05, 3.63) is 0 Å². The van der Waals surface area contributed by atoms with Crippen LogP contribution in [0.5, 0.6) is 0 Å². The summed E-state index contributed by atoms with van der Waals surface area (Å²) in [5.41, 5.74) is 5.69. The zero-order valence-electron chi connectivity index (χ0n) is 7.71. The van der Waals surface area contributed by atoms with Gasteiger partial charge in [0.25, 0.3) is 0 Å². The molecule has 1 aliphatic heterocycles. The van der Waals surface area contributed by atoms with Crippen molar-refractivity contribution in [2.24, 2.45) is 5.73 Å². The van der Waals surface area contributed by atoms with Crippen LogP contribution in [0.3, 0.4) is 0 Å². The molecular weight excluding hydrogens is 136 g/mol. The number of likely N-dealkylation sites (N-methyl/N-ethyl adjacent to an activating group) is 1. The highest BCUT2D eigenvalue weighted by atomic mass is 15.2. The van der Waals surface area contributed by atoms with Gasteiger partial charge in [-0.25, -0.2) is 0 Å². The zero-order valence-corrected chi connectivity index (χ0v) is 7.71. The maximum atomic E-state index is 5.69. The molecule has 2 atom stereocenters. The third-order valence-electron chi connectivity index (χ3n) is 2.83. The Morgan fingerprint density at radius 3 is 2.64 bits per heavy atom. The number of hydrogen-bond donors (Lipinski definition) is 1. The quantitative estimate of drug-likeness (QED) is 0.651. The molecule has 2 N–H and O–H groups in total.